The van der Waals surface area contributed by atoms with Gasteiger partial charge < -0.3 is 14.8 Å². The number of carbonyl (C=O) groups excluding carboxylic acids is 2. The Morgan fingerprint density at radius 3 is 2.52 bits per heavy atom. The molecule has 0 aliphatic heterocycles. The lowest BCUT2D eigenvalue weighted by atomic mass is 10.2. The summed E-state index contributed by atoms with van der Waals surface area (Å²) in [6.07, 6.45) is 0. The van der Waals surface area contributed by atoms with E-state index in [2.05, 4.69) is 5.32 Å². The second-order valence-electron chi connectivity index (χ2n) is 4.30. The van der Waals surface area contributed by atoms with E-state index in [0.717, 1.165) is 0 Å². The maximum Gasteiger partial charge on any atom is 0.341 e. The highest BCUT2D eigenvalue weighted by Crippen LogP contribution is 2.27. The van der Waals surface area contributed by atoms with Crippen LogP contribution in [-0.4, -0.2) is 19.0 Å². The highest BCUT2D eigenvalue weighted by Gasteiger charge is 2.12. The van der Waals surface area contributed by atoms with E-state index in [1.807, 2.05) is 0 Å². The first-order valence-corrected chi connectivity index (χ1v) is 6.33. The van der Waals surface area contributed by atoms with Crippen molar-refractivity contribution in [1.29, 1.82) is 0 Å². The molecule has 0 aliphatic carbocycles. The smallest absolute Gasteiger partial charge is 0.341 e. The van der Waals surface area contributed by atoms with Gasteiger partial charge in [0.15, 0.2) is 0 Å². The standard InChI is InChI=1S/C16H15NO4/c1-11(18)17-12-6-5-7-13(10-12)21-15-9-4-3-8-14(15)16(19)20-2/h3-10H,1-2H3,(H,17,18). The van der Waals surface area contributed by atoms with Crippen molar-refractivity contribution < 1.29 is 19.1 Å². The average Bonchev–Trinajstić information content (AvgIpc) is 2.47. The summed E-state index contributed by atoms with van der Waals surface area (Å²) < 4.78 is 10.4. The first-order chi connectivity index (χ1) is 10.1. The van der Waals surface area contributed by atoms with Gasteiger partial charge in [-0.1, -0.05) is 18.2 Å². The van der Waals surface area contributed by atoms with Crippen molar-refractivity contribution in [2.75, 3.05) is 12.4 Å². The minimum absolute atomic E-state index is 0.165. The molecule has 5 nitrogen and oxygen atoms in total. The molecule has 0 saturated carbocycles. The molecule has 1 N–H and O–H groups in total. The van der Waals surface area contributed by atoms with Gasteiger partial charge in [-0.3, -0.25) is 4.79 Å². The van der Waals surface area contributed by atoms with Gasteiger partial charge in [-0.15, -0.1) is 0 Å². The number of anilines is 1. The second-order valence-corrected chi connectivity index (χ2v) is 4.30. The van der Waals surface area contributed by atoms with Crippen LogP contribution in [0.15, 0.2) is 48.5 Å². The van der Waals surface area contributed by atoms with Crippen LogP contribution in [0.2, 0.25) is 0 Å². The molecule has 0 unspecified atom stereocenters. The fraction of sp³-hybridized carbons (Fsp3) is 0.125. The van der Waals surface area contributed by atoms with Gasteiger partial charge in [-0.2, -0.15) is 0 Å². The molecule has 0 bridgehead atoms. The van der Waals surface area contributed by atoms with Gasteiger partial charge in [-0.05, 0) is 24.3 Å². The van der Waals surface area contributed by atoms with Crippen LogP contribution in [-0.2, 0) is 9.53 Å². The Kier molecular flexibility index (Phi) is 4.56. The minimum Gasteiger partial charge on any atom is -0.465 e. The molecular weight excluding hydrogens is 270 g/mol. The largest absolute Gasteiger partial charge is 0.465 e. The van der Waals surface area contributed by atoms with E-state index in [0.29, 0.717) is 22.7 Å². The Morgan fingerprint density at radius 1 is 1.05 bits per heavy atom. The molecule has 2 aromatic rings. The molecule has 0 heterocycles. The summed E-state index contributed by atoms with van der Waals surface area (Å²) in [5.74, 6) is 0.271. The van der Waals surface area contributed by atoms with E-state index < -0.39 is 5.97 Å². The molecule has 0 fully saturated rings. The maximum absolute atomic E-state index is 11.7. The summed E-state index contributed by atoms with van der Waals surface area (Å²) in [5.41, 5.74) is 0.959. The predicted molar refractivity (Wildman–Crippen MR) is 78.6 cm³/mol. The van der Waals surface area contributed by atoms with Gasteiger partial charge in [0.2, 0.25) is 5.91 Å². The normalized spacial score (nSPS) is 9.81. The summed E-state index contributed by atoms with van der Waals surface area (Å²) in [7, 11) is 1.32. The van der Waals surface area contributed by atoms with Crippen LogP contribution in [0.5, 0.6) is 11.5 Å². The number of rotatable bonds is 4. The topological polar surface area (TPSA) is 64.6 Å². The van der Waals surface area contributed by atoms with Crippen molar-refractivity contribution in [1.82, 2.24) is 0 Å². The zero-order chi connectivity index (χ0) is 15.2. The van der Waals surface area contributed by atoms with E-state index in [4.69, 9.17) is 9.47 Å². The highest BCUT2D eigenvalue weighted by atomic mass is 16.5. The van der Waals surface area contributed by atoms with Crippen LogP contribution in [0.25, 0.3) is 0 Å². The Bertz CT molecular complexity index is 667. The summed E-state index contributed by atoms with van der Waals surface area (Å²) in [4.78, 5) is 22.7. The Morgan fingerprint density at radius 2 is 1.81 bits per heavy atom. The quantitative estimate of drug-likeness (QED) is 0.876. The third-order valence-corrected chi connectivity index (χ3v) is 2.67. The Hall–Kier alpha value is -2.82. The zero-order valence-electron chi connectivity index (χ0n) is 11.8. The first-order valence-electron chi connectivity index (χ1n) is 6.33. The van der Waals surface area contributed by atoms with Gasteiger partial charge in [0.25, 0.3) is 0 Å². The molecule has 0 atom stereocenters. The fourth-order valence-electron chi connectivity index (χ4n) is 1.80. The lowest BCUT2D eigenvalue weighted by Gasteiger charge is -2.11. The number of amides is 1. The van der Waals surface area contributed by atoms with Gasteiger partial charge >= 0.3 is 5.97 Å². The van der Waals surface area contributed by atoms with Crippen LogP contribution in [0.4, 0.5) is 5.69 Å². The summed E-state index contributed by atoms with van der Waals surface area (Å²) >= 11 is 0. The van der Waals surface area contributed by atoms with Crippen LogP contribution in [0, 0.1) is 0 Å². The van der Waals surface area contributed by atoms with Crippen molar-refractivity contribution in [3.05, 3.63) is 54.1 Å². The van der Waals surface area contributed by atoms with E-state index in [9.17, 15) is 9.59 Å². The molecule has 108 valence electrons. The molecule has 2 rings (SSSR count). The number of hydrogen-bond acceptors (Lipinski definition) is 4. The summed E-state index contributed by atoms with van der Waals surface area (Å²) in [5, 5.41) is 2.67. The number of ether oxygens (including phenoxy) is 2. The van der Waals surface area contributed by atoms with Gasteiger partial charge in [0, 0.05) is 18.7 Å². The Balaban J connectivity index is 2.26. The molecular formula is C16H15NO4. The fourth-order valence-corrected chi connectivity index (χ4v) is 1.80. The molecule has 0 aliphatic rings. The SMILES string of the molecule is COC(=O)c1ccccc1Oc1cccc(NC(C)=O)c1. The monoisotopic (exact) mass is 285 g/mol. The molecule has 2 aromatic carbocycles. The van der Waals surface area contributed by atoms with Crippen molar-refractivity contribution in [2.24, 2.45) is 0 Å². The van der Waals surface area contributed by atoms with Gasteiger partial charge in [0.1, 0.15) is 17.1 Å². The molecule has 0 radical (unpaired) electrons. The number of hydrogen-bond donors (Lipinski definition) is 1. The van der Waals surface area contributed by atoms with Crippen molar-refractivity contribution in [3.8, 4) is 11.5 Å². The number of methoxy groups -OCH3 is 1. The van der Waals surface area contributed by atoms with E-state index in [-0.39, 0.29) is 5.91 Å². The van der Waals surface area contributed by atoms with Crippen LogP contribution < -0.4 is 10.1 Å². The summed E-state index contributed by atoms with van der Waals surface area (Å²) in [6, 6.07) is 13.7. The van der Waals surface area contributed by atoms with Crippen LogP contribution in [0.3, 0.4) is 0 Å². The average molecular weight is 285 g/mol. The van der Waals surface area contributed by atoms with Crippen LogP contribution in [0.1, 0.15) is 17.3 Å². The molecule has 0 aromatic heterocycles. The first kappa shape index (κ1) is 14.6. The van der Waals surface area contributed by atoms with Gasteiger partial charge in [0.05, 0.1) is 7.11 Å². The second kappa shape index (κ2) is 6.56. The predicted octanol–water partition coefficient (Wildman–Crippen LogP) is 3.22. The molecule has 5 heteroatoms. The molecule has 21 heavy (non-hydrogen) atoms. The van der Waals surface area contributed by atoms with Gasteiger partial charge in [-0.25, -0.2) is 4.79 Å². The molecule has 1 amide bonds. The van der Waals surface area contributed by atoms with E-state index >= 15 is 0 Å². The van der Waals surface area contributed by atoms with Crippen molar-refractivity contribution in [2.45, 2.75) is 6.92 Å². The van der Waals surface area contributed by atoms with E-state index in [1.54, 1.807) is 48.5 Å². The highest BCUT2D eigenvalue weighted by molar-refractivity contribution is 5.92. The molecule has 0 spiro atoms. The lowest BCUT2D eigenvalue weighted by Crippen LogP contribution is -2.06. The number of nitrogens with one attached hydrogen (secondary N) is 1. The third-order valence-electron chi connectivity index (χ3n) is 2.67. The van der Waals surface area contributed by atoms with Crippen molar-refractivity contribution in [3.63, 3.8) is 0 Å². The summed E-state index contributed by atoms with van der Waals surface area (Å²) in [6.45, 7) is 1.43. The van der Waals surface area contributed by atoms with Crippen molar-refractivity contribution >= 4 is 17.6 Å². The minimum atomic E-state index is -0.469. The number of para-hydroxylation sites is 1. The lowest BCUT2D eigenvalue weighted by molar-refractivity contribution is -0.114. The van der Waals surface area contributed by atoms with Crippen LogP contribution >= 0.6 is 0 Å². The number of esters is 1. The number of benzene rings is 2. The Labute approximate surface area is 122 Å². The molecule has 0 saturated heterocycles. The van der Waals surface area contributed by atoms with E-state index in [1.165, 1.54) is 14.0 Å². The maximum atomic E-state index is 11.7. The number of carbonyl (C=O) groups is 2. The zero-order valence-corrected chi connectivity index (χ0v) is 11.8. The third kappa shape index (κ3) is 3.82.